The zero-order valence-corrected chi connectivity index (χ0v) is 13.4. The second kappa shape index (κ2) is 6.52. The van der Waals surface area contributed by atoms with Crippen LogP contribution in [0.5, 0.6) is 0 Å². The van der Waals surface area contributed by atoms with Crippen molar-refractivity contribution in [3.63, 3.8) is 0 Å². The first-order chi connectivity index (χ1) is 11.4. The highest BCUT2D eigenvalue weighted by Gasteiger charge is 2.24. The average molecular weight is 323 g/mol. The average Bonchev–Trinajstić information content (AvgIpc) is 3.10. The van der Waals surface area contributed by atoms with Gasteiger partial charge in [0.1, 0.15) is 0 Å². The number of hydrogen-bond acceptors (Lipinski definition) is 5. The van der Waals surface area contributed by atoms with Gasteiger partial charge in [-0.1, -0.05) is 42.1 Å². The lowest BCUT2D eigenvalue weighted by Crippen LogP contribution is -2.30. The van der Waals surface area contributed by atoms with Crippen molar-refractivity contribution in [2.45, 2.75) is 23.4 Å². The van der Waals surface area contributed by atoms with Crippen LogP contribution in [0.2, 0.25) is 0 Å². The van der Waals surface area contributed by atoms with Crippen LogP contribution in [0.4, 0.5) is 0 Å². The summed E-state index contributed by atoms with van der Waals surface area (Å²) in [5.41, 5.74) is 4.60. The fourth-order valence-electron chi connectivity index (χ4n) is 2.77. The molecule has 116 valence electrons. The molecule has 4 rings (SSSR count). The van der Waals surface area contributed by atoms with Crippen LogP contribution < -0.4 is 5.32 Å². The molecule has 0 saturated carbocycles. The third-order valence-electron chi connectivity index (χ3n) is 3.94. The second-order valence-electron chi connectivity index (χ2n) is 5.48. The molecule has 3 aromatic rings. The maximum Gasteiger partial charge on any atom is 0.187 e. The van der Waals surface area contributed by atoms with Crippen molar-refractivity contribution < 1.29 is 0 Å². The van der Waals surface area contributed by atoms with Crippen LogP contribution in [0.1, 0.15) is 28.6 Å². The molecule has 0 radical (unpaired) electrons. The van der Waals surface area contributed by atoms with Crippen molar-refractivity contribution in [1.82, 2.24) is 25.3 Å². The van der Waals surface area contributed by atoms with Crippen LogP contribution in [-0.4, -0.2) is 26.5 Å². The maximum atomic E-state index is 4.50. The van der Waals surface area contributed by atoms with Crippen molar-refractivity contribution in [3.8, 4) is 0 Å². The highest BCUT2D eigenvalue weighted by atomic mass is 32.2. The fourth-order valence-corrected chi connectivity index (χ4v) is 3.51. The van der Waals surface area contributed by atoms with E-state index in [0.717, 1.165) is 35.1 Å². The lowest BCUT2D eigenvalue weighted by Gasteiger charge is -2.22. The van der Waals surface area contributed by atoms with Crippen molar-refractivity contribution >= 4 is 11.8 Å². The van der Waals surface area contributed by atoms with Gasteiger partial charge in [0.25, 0.3) is 0 Å². The van der Waals surface area contributed by atoms with E-state index in [1.165, 1.54) is 11.3 Å². The minimum absolute atomic E-state index is 0.0816. The lowest BCUT2D eigenvalue weighted by atomic mass is 10.0. The van der Waals surface area contributed by atoms with Crippen molar-refractivity contribution in [2.24, 2.45) is 0 Å². The summed E-state index contributed by atoms with van der Waals surface area (Å²) in [6, 6.07) is 10.4. The summed E-state index contributed by atoms with van der Waals surface area (Å²) in [7, 11) is 0. The van der Waals surface area contributed by atoms with E-state index in [-0.39, 0.29) is 6.04 Å². The number of H-pyrrole nitrogens is 1. The molecule has 1 atom stereocenters. The van der Waals surface area contributed by atoms with E-state index < -0.39 is 0 Å². The molecule has 6 heteroatoms. The summed E-state index contributed by atoms with van der Waals surface area (Å²) < 4.78 is 0. The summed E-state index contributed by atoms with van der Waals surface area (Å²) in [5, 5.41) is 4.29. The van der Waals surface area contributed by atoms with Gasteiger partial charge in [-0.3, -0.25) is 0 Å². The van der Waals surface area contributed by atoms with Gasteiger partial charge in [-0.15, -0.1) is 0 Å². The van der Waals surface area contributed by atoms with Gasteiger partial charge < -0.3 is 10.3 Å². The van der Waals surface area contributed by atoms with Crippen molar-refractivity contribution in [1.29, 1.82) is 0 Å². The molecular formula is C17H17N5S. The van der Waals surface area contributed by atoms with Gasteiger partial charge in [0.05, 0.1) is 18.1 Å². The van der Waals surface area contributed by atoms with Gasteiger partial charge in [-0.25, -0.2) is 15.0 Å². The number of thioether (sulfide) groups is 1. The van der Waals surface area contributed by atoms with Crippen molar-refractivity contribution in [2.75, 3.05) is 6.54 Å². The standard InChI is InChI=1S/C17H17N5S/c1-2-4-12(5-3-1)10-23-17-19-8-13(9-20-17)15-16-14(6-7-18-15)21-11-22-16/h1-5,8-9,11,15,18H,6-7,10H2,(H,21,22)/t15-/m0/s1. The summed E-state index contributed by atoms with van der Waals surface area (Å²) in [6.07, 6.45) is 6.55. The molecule has 23 heavy (non-hydrogen) atoms. The quantitative estimate of drug-likeness (QED) is 0.571. The van der Waals surface area contributed by atoms with Crippen LogP contribution in [0.15, 0.2) is 54.2 Å². The number of aromatic amines is 1. The number of fused-ring (bicyclic) bond motifs is 1. The molecule has 1 aromatic carbocycles. The predicted molar refractivity (Wildman–Crippen MR) is 90.2 cm³/mol. The van der Waals surface area contributed by atoms with Gasteiger partial charge in [-0.2, -0.15) is 0 Å². The Morgan fingerprint density at radius 1 is 1.09 bits per heavy atom. The van der Waals surface area contributed by atoms with E-state index >= 15 is 0 Å². The summed E-state index contributed by atoms with van der Waals surface area (Å²) in [4.78, 5) is 16.6. The molecule has 2 N–H and O–H groups in total. The van der Waals surface area contributed by atoms with Gasteiger partial charge in [0.15, 0.2) is 5.16 Å². The number of hydrogen-bond donors (Lipinski definition) is 2. The van der Waals surface area contributed by atoms with Crippen LogP contribution >= 0.6 is 11.8 Å². The molecule has 0 unspecified atom stereocenters. The first kappa shape index (κ1) is 14.4. The molecular weight excluding hydrogens is 306 g/mol. The first-order valence-corrected chi connectivity index (χ1v) is 8.63. The van der Waals surface area contributed by atoms with Gasteiger partial charge in [-0.05, 0) is 5.56 Å². The number of rotatable bonds is 4. The molecule has 1 aliphatic rings. The normalized spacial score (nSPS) is 17.0. The van der Waals surface area contributed by atoms with Gasteiger partial charge in [0.2, 0.25) is 0 Å². The highest BCUT2D eigenvalue weighted by molar-refractivity contribution is 7.98. The Hall–Kier alpha value is -2.18. The Kier molecular flexibility index (Phi) is 4.08. The minimum atomic E-state index is 0.0816. The topological polar surface area (TPSA) is 66.5 Å². The molecule has 0 aliphatic carbocycles. The molecule has 1 aliphatic heterocycles. The molecule has 5 nitrogen and oxygen atoms in total. The number of nitrogens with zero attached hydrogens (tertiary/aromatic N) is 3. The minimum Gasteiger partial charge on any atom is -0.348 e. The Morgan fingerprint density at radius 3 is 2.74 bits per heavy atom. The van der Waals surface area contributed by atoms with E-state index in [2.05, 4.69) is 49.5 Å². The largest absolute Gasteiger partial charge is 0.348 e. The van der Waals surface area contributed by atoms with Gasteiger partial charge >= 0.3 is 0 Å². The Labute approximate surface area is 139 Å². The smallest absolute Gasteiger partial charge is 0.187 e. The summed E-state index contributed by atoms with van der Waals surface area (Å²) in [5.74, 6) is 0.880. The third-order valence-corrected chi connectivity index (χ3v) is 4.89. The Morgan fingerprint density at radius 2 is 1.91 bits per heavy atom. The summed E-state index contributed by atoms with van der Waals surface area (Å²) in [6.45, 7) is 0.935. The molecule has 0 fully saturated rings. The van der Waals surface area contributed by atoms with E-state index in [1.807, 2.05) is 18.5 Å². The monoisotopic (exact) mass is 323 g/mol. The number of aromatic nitrogens is 4. The molecule has 0 bridgehead atoms. The number of imidazole rings is 1. The first-order valence-electron chi connectivity index (χ1n) is 7.64. The summed E-state index contributed by atoms with van der Waals surface area (Å²) >= 11 is 1.65. The highest BCUT2D eigenvalue weighted by Crippen LogP contribution is 2.26. The maximum absolute atomic E-state index is 4.50. The number of benzene rings is 1. The van der Waals surface area contributed by atoms with Crippen molar-refractivity contribution in [3.05, 3.63) is 71.6 Å². The van der Waals surface area contributed by atoms with Crippen LogP contribution in [0.3, 0.4) is 0 Å². The van der Waals surface area contributed by atoms with E-state index in [1.54, 1.807) is 18.1 Å². The SMILES string of the molecule is c1ccc(CSc2ncc([C@@H]3NCCc4[nH]cnc43)cn2)cc1. The fraction of sp³-hybridized carbons (Fsp3) is 0.235. The number of nitrogens with one attached hydrogen (secondary N) is 2. The second-order valence-corrected chi connectivity index (χ2v) is 6.42. The molecule has 2 aromatic heterocycles. The van der Waals surface area contributed by atoms with Crippen LogP contribution in [0, 0.1) is 0 Å². The van der Waals surface area contributed by atoms with Crippen LogP contribution in [-0.2, 0) is 12.2 Å². The zero-order valence-electron chi connectivity index (χ0n) is 12.6. The van der Waals surface area contributed by atoms with E-state index in [4.69, 9.17) is 0 Å². The van der Waals surface area contributed by atoms with E-state index in [9.17, 15) is 0 Å². The lowest BCUT2D eigenvalue weighted by molar-refractivity contribution is 0.549. The van der Waals surface area contributed by atoms with E-state index in [0.29, 0.717) is 0 Å². The molecule has 0 amide bonds. The molecule has 0 saturated heterocycles. The zero-order chi connectivity index (χ0) is 15.5. The Balaban J connectivity index is 1.47. The Bertz CT molecular complexity index is 769. The predicted octanol–water partition coefficient (Wildman–Crippen LogP) is 2.73. The van der Waals surface area contributed by atoms with Crippen LogP contribution in [0.25, 0.3) is 0 Å². The molecule has 0 spiro atoms. The molecule has 3 heterocycles. The van der Waals surface area contributed by atoms with Gasteiger partial charge in [0, 0.05) is 42.4 Å². The third kappa shape index (κ3) is 3.13.